The lowest BCUT2D eigenvalue weighted by atomic mass is 10.0. The van der Waals surface area contributed by atoms with Crippen LogP contribution in [0.4, 0.5) is 0 Å². The zero-order valence-corrected chi connectivity index (χ0v) is 17.1. The van der Waals surface area contributed by atoms with Crippen LogP contribution in [-0.2, 0) is 25.7 Å². The van der Waals surface area contributed by atoms with Gasteiger partial charge in [-0.2, -0.15) is 0 Å². The van der Waals surface area contributed by atoms with Gasteiger partial charge in [0.05, 0.1) is 26.1 Å². The summed E-state index contributed by atoms with van der Waals surface area (Å²) in [6.45, 7) is 0.185. The molecule has 1 saturated heterocycles. The van der Waals surface area contributed by atoms with Crippen molar-refractivity contribution in [2.45, 2.75) is 31.8 Å². The Kier molecular flexibility index (Phi) is 6.84. The number of likely N-dealkylation sites (tertiary alicyclic amines) is 1. The molecule has 0 spiro atoms. The van der Waals surface area contributed by atoms with Gasteiger partial charge in [0.15, 0.2) is 0 Å². The van der Waals surface area contributed by atoms with Crippen LogP contribution < -0.4 is 5.32 Å². The zero-order valence-electron chi connectivity index (χ0n) is 16.4. The molecule has 2 aromatic carbocycles. The first-order valence-electron chi connectivity index (χ1n) is 9.43. The summed E-state index contributed by atoms with van der Waals surface area (Å²) < 4.78 is 4.73. The van der Waals surface area contributed by atoms with E-state index in [0.717, 1.165) is 5.56 Å². The van der Waals surface area contributed by atoms with Crippen molar-refractivity contribution < 1.29 is 23.9 Å². The Morgan fingerprint density at radius 1 is 1.07 bits per heavy atom. The molecule has 1 atom stereocenters. The van der Waals surface area contributed by atoms with Gasteiger partial charge in [-0.25, -0.2) is 0 Å². The van der Waals surface area contributed by atoms with E-state index in [1.165, 1.54) is 12.0 Å². The summed E-state index contributed by atoms with van der Waals surface area (Å²) in [6.07, 6.45) is 0.412. The fourth-order valence-electron chi connectivity index (χ4n) is 3.23. The molecule has 0 saturated carbocycles. The highest BCUT2D eigenvalue weighted by Gasteiger charge is 2.28. The summed E-state index contributed by atoms with van der Waals surface area (Å²) in [4.78, 5) is 49.3. The van der Waals surface area contributed by atoms with Gasteiger partial charge in [-0.05, 0) is 29.3 Å². The molecule has 0 radical (unpaired) electrons. The third kappa shape index (κ3) is 5.04. The van der Waals surface area contributed by atoms with E-state index in [0.29, 0.717) is 16.1 Å². The first kappa shape index (κ1) is 21.5. The lowest BCUT2D eigenvalue weighted by Crippen LogP contribution is -2.31. The number of hydrogen-bond acceptors (Lipinski definition) is 5. The van der Waals surface area contributed by atoms with E-state index in [1.807, 2.05) is 0 Å². The van der Waals surface area contributed by atoms with Crippen molar-refractivity contribution >= 4 is 35.3 Å². The summed E-state index contributed by atoms with van der Waals surface area (Å²) in [5.41, 5.74) is 1.73. The maximum atomic E-state index is 12.7. The molecule has 1 heterocycles. The Labute approximate surface area is 179 Å². The number of amides is 3. The molecule has 1 fully saturated rings. The average Bonchev–Trinajstić information content (AvgIpc) is 3.06. The SMILES string of the molecule is COC(=O)CC(NC(=O)c1ccc(CN2C(=O)CCC2=O)cc1)c1ccccc1Cl. The minimum absolute atomic E-state index is 0.0662. The minimum atomic E-state index is -0.654. The summed E-state index contributed by atoms with van der Waals surface area (Å²) in [5, 5.41) is 3.25. The van der Waals surface area contributed by atoms with Crippen LogP contribution in [-0.4, -0.2) is 35.7 Å². The predicted octanol–water partition coefficient (Wildman–Crippen LogP) is 3.02. The smallest absolute Gasteiger partial charge is 0.307 e. The van der Waals surface area contributed by atoms with Gasteiger partial charge in [0.1, 0.15) is 0 Å². The number of carbonyl (C=O) groups excluding carboxylic acids is 4. The Bertz CT molecular complexity index is 958. The van der Waals surface area contributed by atoms with E-state index in [-0.39, 0.29) is 43.5 Å². The Morgan fingerprint density at radius 2 is 1.70 bits per heavy atom. The van der Waals surface area contributed by atoms with Crippen molar-refractivity contribution in [3.63, 3.8) is 0 Å². The van der Waals surface area contributed by atoms with Crippen LogP contribution in [0, 0.1) is 0 Å². The standard InChI is InChI=1S/C22H21ClN2O5/c1-30-21(28)12-18(16-4-2-3-5-17(16)23)24-22(29)15-8-6-14(7-9-15)13-25-19(26)10-11-20(25)27/h2-9,18H,10-13H2,1H3,(H,24,29). The number of nitrogens with zero attached hydrogens (tertiary/aromatic N) is 1. The van der Waals surface area contributed by atoms with Crippen molar-refractivity contribution in [3.8, 4) is 0 Å². The molecule has 1 N–H and O–H groups in total. The van der Waals surface area contributed by atoms with Gasteiger partial charge in [0, 0.05) is 23.4 Å². The number of esters is 1. The number of hydrogen-bond donors (Lipinski definition) is 1. The molecule has 30 heavy (non-hydrogen) atoms. The molecule has 1 unspecified atom stereocenters. The predicted molar refractivity (Wildman–Crippen MR) is 110 cm³/mol. The third-order valence-electron chi connectivity index (χ3n) is 4.90. The molecule has 2 aromatic rings. The highest BCUT2D eigenvalue weighted by atomic mass is 35.5. The number of methoxy groups -OCH3 is 1. The monoisotopic (exact) mass is 428 g/mol. The Hall–Kier alpha value is -3.19. The average molecular weight is 429 g/mol. The number of rotatable bonds is 7. The van der Waals surface area contributed by atoms with Crippen molar-refractivity contribution in [2.24, 2.45) is 0 Å². The van der Waals surface area contributed by atoms with Crippen LogP contribution in [0.15, 0.2) is 48.5 Å². The molecule has 3 rings (SSSR count). The molecular weight excluding hydrogens is 408 g/mol. The van der Waals surface area contributed by atoms with Crippen LogP contribution in [0.1, 0.15) is 46.8 Å². The third-order valence-corrected chi connectivity index (χ3v) is 5.24. The molecular formula is C22H21ClN2O5. The van der Waals surface area contributed by atoms with Crippen molar-refractivity contribution in [1.29, 1.82) is 0 Å². The van der Waals surface area contributed by atoms with Gasteiger partial charge in [-0.1, -0.05) is 41.9 Å². The van der Waals surface area contributed by atoms with E-state index in [4.69, 9.17) is 16.3 Å². The van der Waals surface area contributed by atoms with Gasteiger partial charge in [0.25, 0.3) is 5.91 Å². The number of benzene rings is 2. The number of halogens is 1. The van der Waals surface area contributed by atoms with Crippen molar-refractivity contribution in [3.05, 3.63) is 70.2 Å². The summed E-state index contributed by atoms with van der Waals surface area (Å²) >= 11 is 6.24. The minimum Gasteiger partial charge on any atom is -0.469 e. The van der Waals surface area contributed by atoms with Crippen LogP contribution in [0.25, 0.3) is 0 Å². The van der Waals surface area contributed by atoms with Crippen LogP contribution >= 0.6 is 11.6 Å². The highest BCUT2D eigenvalue weighted by molar-refractivity contribution is 6.31. The molecule has 3 amide bonds. The maximum Gasteiger partial charge on any atom is 0.307 e. The molecule has 0 aliphatic carbocycles. The zero-order chi connectivity index (χ0) is 21.7. The van der Waals surface area contributed by atoms with Crippen LogP contribution in [0.2, 0.25) is 5.02 Å². The van der Waals surface area contributed by atoms with E-state index < -0.39 is 12.0 Å². The molecule has 1 aliphatic rings. The van der Waals surface area contributed by atoms with E-state index in [1.54, 1.807) is 48.5 Å². The number of nitrogens with one attached hydrogen (secondary N) is 1. The largest absolute Gasteiger partial charge is 0.469 e. The van der Waals surface area contributed by atoms with Gasteiger partial charge >= 0.3 is 5.97 Å². The summed E-state index contributed by atoms with van der Waals surface area (Å²) in [6, 6.07) is 12.9. The van der Waals surface area contributed by atoms with Gasteiger partial charge in [-0.3, -0.25) is 24.1 Å². The summed E-state index contributed by atoms with van der Waals surface area (Å²) in [7, 11) is 1.28. The lowest BCUT2D eigenvalue weighted by molar-refractivity contribution is -0.141. The summed E-state index contributed by atoms with van der Waals surface area (Å²) in [5.74, 6) is -1.24. The second-order valence-electron chi connectivity index (χ2n) is 6.90. The number of imide groups is 1. The first-order chi connectivity index (χ1) is 14.4. The van der Waals surface area contributed by atoms with Crippen LogP contribution in [0.5, 0.6) is 0 Å². The fourth-order valence-corrected chi connectivity index (χ4v) is 3.50. The Balaban J connectivity index is 1.72. The van der Waals surface area contributed by atoms with Gasteiger partial charge < -0.3 is 10.1 Å². The molecule has 8 heteroatoms. The van der Waals surface area contributed by atoms with Crippen molar-refractivity contribution in [2.75, 3.05) is 7.11 Å². The first-order valence-corrected chi connectivity index (χ1v) is 9.81. The lowest BCUT2D eigenvalue weighted by Gasteiger charge is -2.19. The quantitative estimate of drug-likeness (QED) is 0.540. The second-order valence-corrected chi connectivity index (χ2v) is 7.31. The molecule has 1 aliphatic heterocycles. The topological polar surface area (TPSA) is 92.8 Å². The molecule has 0 aromatic heterocycles. The fraction of sp³-hybridized carbons (Fsp3) is 0.273. The van der Waals surface area contributed by atoms with Crippen LogP contribution in [0.3, 0.4) is 0 Å². The van der Waals surface area contributed by atoms with Gasteiger partial charge in [-0.15, -0.1) is 0 Å². The molecule has 0 bridgehead atoms. The van der Waals surface area contributed by atoms with Gasteiger partial charge in [0.2, 0.25) is 11.8 Å². The second kappa shape index (κ2) is 9.54. The number of carbonyl (C=O) groups is 4. The molecule has 156 valence electrons. The van der Waals surface area contributed by atoms with E-state index in [2.05, 4.69) is 5.32 Å². The highest BCUT2D eigenvalue weighted by Crippen LogP contribution is 2.26. The van der Waals surface area contributed by atoms with E-state index >= 15 is 0 Å². The number of ether oxygens (including phenoxy) is 1. The van der Waals surface area contributed by atoms with E-state index in [9.17, 15) is 19.2 Å². The maximum absolute atomic E-state index is 12.7. The Morgan fingerprint density at radius 3 is 2.30 bits per heavy atom. The van der Waals surface area contributed by atoms with Crippen molar-refractivity contribution in [1.82, 2.24) is 10.2 Å². The normalized spacial score (nSPS) is 14.5. The molecule has 7 nitrogen and oxygen atoms in total.